The van der Waals surface area contributed by atoms with Crippen molar-refractivity contribution in [1.82, 2.24) is 0 Å². The fraction of sp³-hybridized carbons (Fsp3) is 0.222. The SMILES string of the molecule is CCOc1ccc2ccccc2c1/C=C1\N=C(SCC)SC1=O. The van der Waals surface area contributed by atoms with Crippen LogP contribution in [0.25, 0.3) is 16.8 Å². The summed E-state index contributed by atoms with van der Waals surface area (Å²) in [7, 11) is 0. The summed E-state index contributed by atoms with van der Waals surface area (Å²) < 4.78 is 6.57. The van der Waals surface area contributed by atoms with Crippen molar-refractivity contribution in [3.8, 4) is 5.75 Å². The Labute approximate surface area is 144 Å². The van der Waals surface area contributed by atoms with Crippen LogP contribution in [0, 0.1) is 0 Å². The molecule has 0 fully saturated rings. The minimum atomic E-state index is -0.00340. The maximum Gasteiger partial charge on any atom is 0.244 e. The molecule has 3 rings (SSSR count). The average molecular weight is 343 g/mol. The number of benzene rings is 2. The molecule has 1 aliphatic rings. The Hall–Kier alpha value is -1.72. The predicted octanol–water partition coefficient (Wildman–Crippen LogP) is 4.96. The number of carbonyl (C=O) groups excluding carboxylic acids is 1. The van der Waals surface area contributed by atoms with Gasteiger partial charge in [-0.15, -0.1) is 0 Å². The number of aliphatic imine (C=N–C) groups is 1. The van der Waals surface area contributed by atoms with E-state index in [1.165, 1.54) is 11.8 Å². The second kappa shape index (κ2) is 7.23. The first kappa shape index (κ1) is 16.1. The van der Waals surface area contributed by atoms with Gasteiger partial charge in [0.05, 0.1) is 6.61 Å². The molecule has 5 heteroatoms. The van der Waals surface area contributed by atoms with E-state index in [4.69, 9.17) is 4.74 Å². The van der Waals surface area contributed by atoms with Gasteiger partial charge >= 0.3 is 0 Å². The van der Waals surface area contributed by atoms with Crippen molar-refractivity contribution < 1.29 is 9.53 Å². The van der Waals surface area contributed by atoms with Crippen LogP contribution >= 0.6 is 23.5 Å². The lowest BCUT2D eigenvalue weighted by Gasteiger charge is -2.10. The maximum atomic E-state index is 12.2. The number of rotatable bonds is 4. The molecule has 0 spiro atoms. The summed E-state index contributed by atoms with van der Waals surface area (Å²) >= 11 is 2.80. The third-order valence-corrected chi connectivity index (χ3v) is 5.27. The first-order valence-corrected chi connectivity index (χ1v) is 9.33. The minimum Gasteiger partial charge on any atom is -0.493 e. The normalized spacial score (nSPS) is 16.2. The quantitative estimate of drug-likeness (QED) is 0.735. The van der Waals surface area contributed by atoms with Gasteiger partial charge in [0.2, 0.25) is 5.12 Å². The van der Waals surface area contributed by atoms with Crippen LogP contribution in [-0.2, 0) is 4.79 Å². The lowest BCUT2D eigenvalue weighted by Crippen LogP contribution is -1.96. The van der Waals surface area contributed by atoms with Gasteiger partial charge in [0.25, 0.3) is 0 Å². The first-order valence-electron chi connectivity index (χ1n) is 7.52. The number of fused-ring (bicyclic) bond motifs is 1. The van der Waals surface area contributed by atoms with Crippen molar-refractivity contribution in [2.24, 2.45) is 4.99 Å². The fourth-order valence-corrected chi connectivity index (χ4v) is 4.16. The highest BCUT2D eigenvalue weighted by atomic mass is 32.2. The van der Waals surface area contributed by atoms with Crippen LogP contribution in [0.5, 0.6) is 5.75 Å². The van der Waals surface area contributed by atoms with E-state index in [2.05, 4.69) is 18.0 Å². The smallest absolute Gasteiger partial charge is 0.244 e. The molecule has 0 aliphatic carbocycles. The van der Waals surface area contributed by atoms with Crippen LogP contribution in [0.3, 0.4) is 0 Å². The van der Waals surface area contributed by atoms with Gasteiger partial charge in [-0.2, -0.15) is 0 Å². The third-order valence-electron chi connectivity index (χ3n) is 3.38. The standard InChI is InChI=1S/C18H17NO2S2/c1-3-21-16-10-9-12-7-5-6-8-13(12)14(16)11-15-17(20)23-18(19-15)22-4-2/h5-11H,3-4H2,1-2H3/b15-11-. The molecule has 1 aliphatic heterocycles. The zero-order valence-electron chi connectivity index (χ0n) is 13.0. The lowest BCUT2D eigenvalue weighted by atomic mass is 10.0. The first-order chi connectivity index (χ1) is 11.2. The number of thioether (sulfide) groups is 2. The summed E-state index contributed by atoms with van der Waals surface area (Å²) in [5.74, 6) is 1.69. The van der Waals surface area contributed by atoms with Gasteiger partial charge in [0, 0.05) is 5.56 Å². The van der Waals surface area contributed by atoms with Gasteiger partial charge in [-0.3, -0.25) is 4.79 Å². The number of hydrogen-bond donors (Lipinski definition) is 0. The number of carbonyl (C=O) groups is 1. The Balaban J connectivity index is 2.12. The molecule has 1 heterocycles. The zero-order valence-corrected chi connectivity index (χ0v) is 14.7. The van der Waals surface area contributed by atoms with E-state index in [0.29, 0.717) is 12.3 Å². The Morgan fingerprint density at radius 2 is 2.04 bits per heavy atom. The van der Waals surface area contributed by atoms with Crippen molar-refractivity contribution in [3.05, 3.63) is 47.7 Å². The van der Waals surface area contributed by atoms with E-state index in [1.54, 1.807) is 11.8 Å². The largest absolute Gasteiger partial charge is 0.493 e. The molecule has 118 valence electrons. The molecule has 2 aromatic rings. The molecule has 3 nitrogen and oxygen atoms in total. The molecule has 0 radical (unpaired) electrons. The summed E-state index contributed by atoms with van der Waals surface area (Å²) in [5, 5.41) is 2.18. The van der Waals surface area contributed by atoms with Crippen LogP contribution < -0.4 is 4.74 Å². The molecule has 0 bridgehead atoms. The number of nitrogens with zero attached hydrogens (tertiary/aromatic N) is 1. The van der Waals surface area contributed by atoms with Gasteiger partial charge in [-0.05, 0) is 47.4 Å². The molecule has 0 atom stereocenters. The lowest BCUT2D eigenvalue weighted by molar-refractivity contribution is -0.107. The summed E-state index contributed by atoms with van der Waals surface area (Å²) in [6.45, 7) is 4.59. The van der Waals surface area contributed by atoms with E-state index in [1.807, 2.05) is 43.3 Å². The number of ether oxygens (including phenoxy) is 1. The average Bonchev–Trinajstić information content (AvgIpc) is 2.90. The van der Waals surface area contributed by atoms with E-state index in [0.717, 1.165) is 32.2 Å². The minimum absolute atomic E-state index is 0.00340. The monoisotopic (exact) mass is 343 g/mol. The molecule has 0 saturated heterocycles. The van der Waals surface area contributed by atoms with Gasteiger partial charge in [-0.25, -0.2) is 4.99 Å². The van der Waals surface area contributed by atoms with Gasteiger partial charge < -0.3 is 4.74 Å². The van der Waals surface area contributed by atoms with Gasteiger partial charge in [-0.1, -0.05) is 49.0 Å². The van der Waals surface area contributed by atoms with Crippen LogP contribution in [0.1, 0.15) is 19.4 Å². The second-order valence-electron chi connectivity index (χ2n) is 4.86. The summed E-state index contributed by atoms with van der Waals surface area (Å²) in [6.07, 6.45) is 1.85. The maximum absolute atomic E-state index is 12.2. The molecular formula is C18H17NO2S2. The fourth-order valence-electron chi connectivity index (χ4n) is 2.42. The van der Waals surface area contributed by atoms with Crippen molar-refractivity contribution in [2.75, 3.05) is 12.4 Å². The van der Waals surface area contributed by atoms with E-state index >= 15 is 0 Å². The van der Waals surface area contributed by atoms with Crippen molar-refractivity contribution in [1.29, 1.82) is 0 Å². The molecule has 0 aromatic heterocycles. The molecule has 0 saturated carbocycles. The summed E-state index contributed by atoms with van der Waals surface area (Å²) in [6, 6.07) is 12.1. The topological polar surface area (TPSA) is 38.7 Å². The summed E-state index contributed by atoms with van der Waals surface area (Å²) in [5.41, 5.74) is 1.41. The summed E-state index contributed by atoms with van der Waals surface area (Å²) in [4.78, 5) is 16.7. The molecule has 0 unspecified atom stereocenters. The van der Waals surface area contributed by atoms with Gasteiger partial charge in [0.1, 0.15) is 15.8 Å². The highest BCUT2D eigenvalue weighted by Crippen LogP contribution is 2.35. The molecular weight excluding hydrogens is 326 g/mol. The Morgan fingerprint density at radius 1 is 1.22 bits per heavy atom. The number of hydrogen-bond acceptors (Lipinski definition) is 5. The second-order valence-corrected chi connectivity index (χ2v) is 7.33. The predicted molar refractivity (Wildman–Crippen MR) is 101 cm³/mol. The van der Waals surface area contributed by atoms with Gasteiger partial charge in [0.15, 0.2) is 0 Å². The van der Waals surface area contributed by atoms with Crippen molar-refractivity contribution in [3.63, 3.8) is 0 Å². The highest BCUT2D eigenvalue weighted by Gasteiger charge is 2.22. The van der Waals surface area contributed by atoms with Crippen molar-refractivity contribution >= 4 is 49.9 Å². The van der Waals surface area contributed by atoms with Crippen LogP contribution in [0.4, 0.5) is 0 Å². The van der Waals surface area contributed by atoms with E-state index in [9.17, 15) is 4.79 Å². The highest BCUT2D eigenvalue weighted by molar-refractivity contribution is 8.45. The molecule has 0 amide bonds. The Kier molecular flexibility index (Phi) is 5.08. The van der Waals surface area contributed by atoms with Crippen LogP contribution in [0.2, 0.25) is 0 Å². The van der Waals surface area contributed by atoms with Crippen molar-refractivity contribution in [2.45, 2.75) is 13.8 Å². The molecule has 0 N–H and O–H groups in total. The molecule has 23 heavy (non-hydrogen) atoms. The van der Waals surface area contributed by atoms with Crippen LogP contribution in [0.15, 0.2) is 47.1 Å². The third kappa shape index (κ3) is 3.46. The van der Waals surface area contributed by atoms with E-state index in [-0.39, 0.29) is 5.12 Å². The Bertz CT molecular complexity index is 812. The zero-order chi connectivity index (χ0) is 16.2. The van der Waals surface area contributed by atoms with Crippen LogP contribution in [-0.4, -0.2) is 21.9 Å². The molecule has 2 aromatic carbocycles. The van der Waals surface area contributed by atoms with E-state index < -0.39 is 0 Å². The Morgan fingerprint density at radius 3 is 2.83 bits per heavy atom.